The first-order valence-electron chi connectivity index (χ1n) is 9.02. The standard InChI is InChI=1S/C20H23F2N3O4/c1-3-25(13-19(27)24-16-6-4-5-7-17(16)28-2)12-18(26)23-14-8-10-15(11-9-14)29-20(21)22/h4-11,20H,3,12-13H2,1-2H3,(H,23,26)(H,24,27)/p+1. The van der Waals surface area contributed by atoms with Crippen LogP contribution in [0.15, 0.2) is 48.5 Å². The number of likely N-dealkylation sites (N-methyl/N-ethyl adjacent to an activating group) is 1. The fraction of sp³-hybridized carbons (Fsp3) is 0.300. The Labute approximate surface area is 167 Å². The summed E-state index contributed by atoms with van der Waals surface area (Å²) >= 11 is 0. The Balaban J connectivity index is 1.86. The molecule has 0 bridgehead atoms. The summed E-state index contributed by atoms with van der Waals surface area (Å²) in [5.74, 6) is 0.0184. The van der Waals surface area contributed by atoms with Crippen LogP contribution in [0.1, 0.15) is 6.92 Å². The second-order valence-corrected chi connectivity index (χ2v) is 6.16. The van der Waals surface area contributed by atoms with Crippen LogP contribution in [0.2, 0.25) is 0 Å². The summed E-state index contributed by atoms with van der Waals surface area (Å²) in [4.78, 5) is 25.3. The van der Waals surface area contributed by atoms with Gasteiger partial charge in [0.15, 0.2) is 13.1 Å². The Bertz CT molecular complexity index is 816. The van der Waals surface area contributed by atoms with Gasteiger partial charge in [0, 0.05) is 5.69 Å². The number of benzene rings is 2. The molecule has 7 nitrogen and oxygen atoms in total. The summed E-state index contributed by atoms with van der Waals surface area (Å²) in [5, 5.41) is 5.45. The average Bonchev–Trinajstić information content (AvgIpc) is 2.69. The van der Waals surface area contributed by atoms with Gasteiger partial charge in [-0.2, -0.15) is 8.78 Å². The predicted molar refractivity (Wildman–Crippen MR) is 105 cm³/mol. The molecule has 0 spiro atoms. The molecule has 1 unspecified atom stereocenters. The molecule has 2 aromatic rings. The Morgan fingerprint density at radius 2 is 1.62 bits per heavy atom. The lowest BCUT2D eigenvalue weighted by molar-refractivity contribution is -0.881. The van der Waals surface area contributed by atoms with Crippen molar-refractivity contribution < 1.29 is 32.7 Å². The first kappa shape index (κ1) is 22.1. The molecule has 0 saturated carbocycles. The van der Waals surface area contributed by atoms with Crippen molar-refractivity contribution >= 4 is 23.2 Å². The third-order valence-corrected chi connectivity index (χ3v) is 4.07. The highest BCUT2D eigenvalue weighted by molar-refractivity contribution is 5.94. The maximum absolute atomic E-state index is 12.3. The molecule has 2 aromatic carbocycles. The minimum Gasteiger partial charge on any atom is -0.495 e. The number of hydrogen-bond donors (Lipinski definition) is 3. The summed E-state index contributed by atoms with van der Waals surface area (Å²) in [6, 6.07) is 12.7. The summed E-state index contributed by atoms with van der Waals surface area (Å²) in [6.45, 7) is -0.295. The molecule has 0 aromatic heterocycles. The van der Waals surface area contributed by atoms with Gasteiger partial charge in [0.25, 0.3) is 11.8 Å². The van der Waals surface area contributed by atoms with Crippen molar-refractivity contribution in [1.82, 2.24) is 0 Å². The van der Waals surface area contributed by atoms with Gasteiger partial charge in [-0.15, -0.1) is 0 Å². The van der Waals surface area contributed by atoms with Crippen molar-refractivity contribution in [2.24, 2.45) is 0 Å². The number of rotatable bonds is 10. The lowest BCUT2D eigenvalue weighted by Crippen LogP contribution is -3.13. The zero-order valence-electron chi connectivity index (χ0n) is 16.2. The molecule has 0 aliphatic carbocycles. The molecule has 0 radical (unpaired) electrons. The zero-order chi connectivity index (χ0) is 21.2. The number of anilines is 2. The highest BCUT2D eigenvalue weighted by atomic mass is 19.3. The van der Waals surface area contributed by atoms with Crippen molar-refractivity contribution in [1.29, 1.82) is 0 Å². The van der Waals surface area contributed by atoms with Crippen LogP contribution in [0.4, 0.5) is 20.2 Å². The van der Waals surface area contributed by atoms with E-state index in [2.05, 4.69) is 15.4 Å². The van der Waals surface area contributed by atoms with E-state index in [1.54, 1.807) is 24.3 Å². The van der Waals surface area contributed by atoms with E-state index >= 15 is 0 Å². The van der Waals surface area contributed by atoms with Gasteiger partial charge in [0.1, 0.15) is 11.5 Å². The fourth-order valence-corrected chi connectivity index (χ4v) is 2.63. The van der Waals surface area contributed by atoms with E-state index in [1.807, 2.05) is 6.92 Å². The van der Waals surface area contributed by atoms with E-state index in [4.69, 9.17) is 4.74 Å². The number of methoxy groups -OCH3 is 1. The maximum atomic E-state index is 12.3. The number of alkyl halides is 2. The van der Waals surface area contributed by atoms with Gasteiger partial charge in [-0.1, -0.05) is 12.1 Å². The lowest BCUT2D eigenvalue weighted by atomic mass is 10.3. The molecular weight excluding hydrogens is 384 g/mol. The second-order valence-electron chi connectivity index (χ2n) is 6.16. The minimum absolute atomic E-state index is 0.00631. The molecule has 3 N–H and O–H groups in total. The van der Waals surface area contributed by atoms with Crippen LogP contribution >= 0.6 is 0 Å². The Morgan fingerprint density at radius 1 is 1.00 bits per heavy atom. The zero-order valence-corrected chi connectivity index (χ0v) is 16.2. The number of para-hydroxylation sites is 2. The lowest BCUT2D eigenvalue weighted by Gasteiger charge is -2.17. The topological polar surface area (TPSA) is 81.1 Å². The van der Waals surface area contributed by atoms with Gasteiger partial charge in [-0.3, -0.25) is 9.59 Å². The first-order valence-corrected chi connectivity index (χ1v) is 9.02. The quantitative estimate of drug-likeness (QED) is 0.560. The third kappa shape index (κ3) is 7.38. The molecule has 9 heteroatoms. The van der Waals surface area contributed by atoms with Crippen LogP contribution < -0.4 is 25.0 Å². The smallest absolute Gasteiger partial charge is 0.387 e. The highest BCUT2D eigenvalue weighted by Gasteiger charge is 2.18. The molecule has 29 heavy (non-hydrogen) atoms. The average molecular weight is 408 g/mol. The Hall–Kier alpha value is -3.20. The minimum atomic E-state index is -2.90. The molecular formula is C20H24F2N3O4+. The number of amides is 2. The molecule has 2 amide bonds. The Kier molecular flexibility index (Phi) is 8.35. The Morgan fingerprint density at radius 3 is 2.21 bits per heavy atom. The van der Waals surface area contributed by atoms with Crippen molar-refractivity contribution in [3.8, 4) is 11.5 Å². The number of hydrogen-bond acceptors (Lipinski definition) is 4. The summed E-state index contributed by atoms with van der Waals surface area (Å²) in [6.07, 6.45) is 0. The number of halogens is 2. The number of ether oxygens (including phenoxy) is 2. The van der Waals surface area contributed by atoms with E-state index < -0.39 is 6.61 Å². The number of carbonyl (C=O) groups excluding carboxylic acids is 2. The largest absolute Gasteiger partial charge is 0.495 e. The SMILES string of the molecule is CC[NH+](CC(=O)Nc1ccc(OC(F)F)cc1)CC(=O)Nc1ccccc1OC. The van der Waals surface area contributed by atoms with Crippen LogP contribution in [0.5, 0.6) is 11.5 Å². The van der Waals surface area contributed by atoms with Gasteiger partial charge < -0.3 is 25.0 Å². The van der Waals surface area contributed by atoms with E-state index in [0.717, 1.165) is 4.90 Å². The van der Waals surface area contributed by atoms with Gasteiger partial charge in [-0.05, 0) is 43.3 Å². The molecule has 1 atom stereocenters. The van der Waals surface area contributed by atoms with E-state index in [-0.39, 0.29) is 30.7 Å². The molecule has 0 heterocycles. The van der Waals surface area contributed by atoms with Crippen molar-refractivity contribution in [3.63, 3.8) is 0 Å². The number of carbonyl (C=O) groups is 2. The maximum Gasteiger partial charge on any atom is 0.387 e. The van der Waals surface area contributed by atoms with Crippen molar-refractivity contribution in [2.75, 3.05) is 37.4 Å². The second kappa shape index (κ2) is 11.0. The highest BCUT2D eigenvalue weighted by Crippen LogP contribution is 2.22. The fourth-order valence-electron chi connectivity index (χ4n) is 2.63. The molecule has 0 fully saturated rings. The van der Waals surface area contributed by atoms with Gasteiger partial charge in [0.2, 0.25) is 0 Å². The van der Waals surface area contributed by atoms with Crippen LogP contribution in [0.3, 0.4) is 0 Å². The molecule has 0 saturated heterocycles. The van der Waals surface area contributed by atoms with E-state index in [9.17, 15) is 18.4 Å². The van der Waals surface area contributed by atoms with Crippen LogP contribution in [-0.4, -0.2) is 45.2 Å². The predicted octanol–water partition coefficient (Wildman–Crippen LogP) is 1.78. The number of quaternary nitrogens is 1. The third-order valence-electron chi connectivity index (χ3n) is 4.07. The van der Waals surface area contributed by atoms with Crippen molar-refractivity contribution in [2.45, 2.75) is 13.5 Å². The van der Waals surface area contributed by atoms with E-state index in [1.165, 1.54) is 31.4 Å². The normalized spacial score (nSPS) is 11.6. The van der Waals surface area contributed by atoms with Crippen LogP contribution in [0, 0.1) is 0 Å². The summed E-state index contributed by atoms with van der Waals surface area (Å²) < 4.78 is 33.8. The molecule has 0 aliphatic heterocycles. The first-order chi connectivity index (χ1) is 13.9. The van der Waals surface area contributed by atoms with Crippen molar-refractivity contribution in [3.05, 3.63) is 48.5 Å². The molecule has 156 valence electrons. The molecule has 0 aliphatic rings. The molecule has 2 rings (SSSR count). The van der Waals surface area contributed by atoms with Crippen LogP contribution in [-0.2, 0) is 9.59 Å². The van der Waals surface area contributed by atoms with E-state index in [0.29, 0.717) is 23.7 Å². The monoisotopic (exact) mass is 408 g/mol. The number of nitrogens with one attached hydrogen (secondary N) is 3. The summed E-state index contributed by atoms with van der Waals surface area (Å²) in [5.41, 5.74) is 1.01. The van der Waals surface area contributed by atoms with Gasteiger partial charge in [-0.25, -0.2) is 0 Å². The van der Waals surface area contributed by atoms with Crippen LogP contribution in [0.25, 0.3) is 0 Å². The summed E-state index contributed by atoms with van der Waals surface area (Å²) in [7, 11) is 1.52. The van der Waals surface area contributed by atoms with Gasteiger partial charge in [0.05, 0.1) is 19.3 Å². The van der Waals surface area contributed by atoms with Gasteiger partial charge >= 0.3 is 6.61 Å².